The van der Waals surface area contributed by atoms with Gasteiger partial charge in [-0.05, 0) is 25.3 Å². The number of hydrogen-bond donors (Lipinski definition) is 0. The molecule has 100 valence electrons. The van der Waals surface area contributed by atoms with Gasteiger partial charge in [0.1, 0.15) is 0 Å². The maximum atomic E-state index is 6.08. The molecule has 2 rings (SSSR count). The standard InChI is InChI=1S/C15H21BrO2/c1-13(14-5-3-2-4-6-14)18-12-15(11-16)7-9-17-10-8-15/h2-6,13H,7-12H2,1H3. The molecule has 1 aromatic carbocycles. The third-order valence-electron chi connectivity index (χ3n) is 3.75. The second kappa shape index (κ2) is 6.69. The molecule has 0 aromatic heterocycles. The first-order valence-electron chi connectivity index (χ1n) is 6.56. The van der Waals surface area contributed by atoms with Crippen LogP contribution in [0.4, 0.5) is 0 Å². The van der Waals surface area contributed by atoms with Crippen LogP contribution in [0.25, 0.3) is 0 Å². The third-order valence-corrected chi connectivity index (χ3v) is 4.93. The van der Waals surface area contributed by atoms with Crippen LogP contribution in [0, 0.1) is 5.41 Å². The summed E-state index contributed by atoms with van der Waals surface area (Å²) in [4.78, 5) is 0. The van der Waals surface area contributed by atoms with Gasteiger partial charge in [-0.2, -0.15) is 0 Å². The van der Waals surface area contributed by atoms with Gasteiger partial charge in [0, 0.05) is 24.0 Å². The van der Waals surface area contributed by atoms with Gasteiger partial charge >= 0.3 is 0 Å². The molecule has 0 radical (unpaired) electrons. The molecule has 1 unspecified atom stereocenters. The highest BCUT2D eigenvalue weighted by Gasteiger charge is 2.32. The van der Waals surface area contributed by atoms with Crippen LogP contribution in [0.2, 0.25) is 0 Å². The quantitative estimate of drug-likeness (QED) is 0.766. The van der Waals surface area contributed by atoms with Gasteiger partial charge in [-0.3, -0.25) is 0 Å². The lowest BCUT2D eigenvalue weighted by Gasteiger charge is -2.36. The SMILES string of the molecule is CC(OCC1(CBr)CCOCC1)c1ccccc1. The summed E-state index contributed by atoms with van der Waals surface area (Å²) in [5.74, 6) is 0. The lowest BCUT2D eigenvalue weighted by atomic mass is 9.83. The minimum atomic E-state index is 0.157. The van der Waals surface area contributed by atoms with Gasteiger partial charge in [0.15, 0.2) is 0 Å². The first-order valence-corrected chi connectivity index (χ1v) is 7.68. The molecule has 1 fully saturated rings. The van der Waals surface area contributed by atoms with Crippen molar-refractivity contribution in [1.29, 1.82) is 0 Å². The number of hydrogen-bond acceptors (Lipinski definition) is 2. The van der Waals surface area contributed by atoms with Gasteiger partial charge in [0.05, 0.1) is 12.7 Å². The Morgan fingerprint density at radius 2 is 1.94 bits per heavy atom. The van der Waals surface area contributed by atoms with Crippen molar-refractivity contribution < 1.29 is 9.47 Å². The molecule has 0 bridgehead atoms. The zero-order valence-corrected chi connectivity index (χ0v) is 12.5. The minimum absolute atomic E-state index is 0.157. The first kappa shape index (κ1) is 14.0. The van der Waals surface area contributed by atoms with Crippen molar-refractivity contribution in [2.45, 2.75) is 25.9 Å². The monoisotopic (exact) mass is 312 g/mol. The Labute approximate surface area is 118 Å². The van der Waals surface area contributed by atoms with Crippen LogP contribution in [-0.2, 0) is 9.47 Å². The Kier molecular flexibility index (Phi) is 5.22. The van der Waals surface area contributed by atoms with Crippen LogP contribution in [0.15, 0.2) is 30.3 Å². The maximum absolute atomic E-state index is 6.08. The van der Waals surface area contributed by atoms with E-state index in [0.29, 0.717) is 0 Å². The van der Waals surface area contributed by atoms with E-state index in [1.807, 2.05) is 6.07 Å². The van der Waals surface area contributed by atoms with Gasteiger partial charge in [-0.15, -0.1) is 0 Å². The normalized spacial score (nSPS) is 20.6. The zero-order chi connectivity index (χ0) is 12.8. The van der Waals surface area contributed by atoms with Crippen LogP contribution in [0.3, 0.4) is 0 Å². The van der Waals surface area contributed by atoms with Gasteiger partial charge < -0.3 is 9.47 Å². The minimum Gasteiger partial charge on any atom is -0.381 e. The highest BCUT2D eigenvalue weighted by atomic mass is 79.9. The summed E-state index contributed by atoms with van der Waals surface area (Å²) >= 11 is 3.64. The van der Waals surface area contributed by atoms with Gasteiger partial charge in [0.25, 0.3) is 0 Å². The van der Waals surface area contributed by atoms with E-state index in [-0.39, 0.29) is 11.5 Å². The van der Waals surface area contributed by atoms with E-state index in [1.54, 1.807) is 0 Å². The number of halogens is 1. The Hall–Kier alpha value is -0.380. The topological polar surface area (TPSA) is 18.5 Å². The number of alkyl halides is 1. The fourth-order valence-corrected chi connectivity index (χ4v) is 2.97. The molecule has 1 aromatic rings. The number of rotatable bonds is 5. The van der Waals surface area contributed by atoms with E-state index in [2.05, 4.69) is 47.1 Å². The highest BCUT2D eigenvalue weighted by Crippen LogP contribution is 2.34. The average Bonchev–Trinajstić information content (AvgIpc) is 2.47. The van der Waals surface area contributed by atoms with Crippen LogP contribution in [0.5, 0.6) is 0 Å². The summed E-state index contributed by atoms with van der Waals surface area (Å²) in [7, 11) is 0. The summed E-state index contributed by atoms with van der Waals surface area (Å²) < 4.78 is 11.5. The van der Waals surface area contributed by atoms with Crippen LogP contribution in [-0.4, -0.2) is 25.2 Å². The molecule has 0 spiro atoms. The fourth-order valence-electron chi connectivity index (χ4n) is 2.24. The van der Waals surface area contributed by atoms with Crippen LogP contribution in [0.1, 0.15) is 31.4 Å². The van der Waals surface area contributed by atoms with E-state index in [0.717, 1.165) is 38.0 Å². The molecule has 2 nitrogen and oxygen atoms in total. The molecule has 1 atom stereocenters. The van der Waals surface area contributed by atoms with E-state index in [1.165, 1.54) is 5.56 Å². The summed E-state index contributed by atoms with van der Waals surface area (Å²) in [5, 5.41) is 0.991. The molecular weight excluding hydrogens is 292 g/mol. The molecule has 1 saturated heterocycles. The van der Waals surface area contributed by atoms with E-state index < -0.39 is 0 Å². The summed E-state index contributed by atoms with van der Waals surface area (Å²) in [6, 6.07) is 10.4. The maximum Gasteiger partial charge on any atom is 0.0797 e. The third kappa shape index (κ3) is 3.56. The molecule has 18 heavy (non-hydrogen) atoms. The molecule has 1 heterocycles. The second-order valence-corrected chi connectivity index (χ2v) is 5.67. The smallest absolute Gasteiger partial charge is 0.0797 e. The molecule has 0 aliphatic carbocycles. The van der Waals surface area contributed by atoms with Crippen molar-refractivity contribution in [2.75, 3.05) is 25.2 Å². The average molecular weight is 313 g/mol. The molecule has 3 heteroatoms. The second-order valence-electron chi connectivity index (χ2n) is 5.11. The Bertz CT molecular complexity index is 347. The lowest BCUT2D eigenvalue weighted by Crippen LogP contribution is -2.35. The van der Waals surface area contributed by atoms with E-state index in [4.69, 9.17) is 9.47 Å². The first-order chi connectivity index (χ1) is 8.76. The van der Waals surface area contributed by atoms with Crippen molar-refractivity contribution >= 4 is 15.9 Å². The lowest BCUT2D eigenvalue weighted by molar-refractivity contribution is -0.0483. The van der Waals surface area contributed by atoms with Crippen molar-refractivity contribution in [1.82, 2.24) is 0 Å². The molecule has 0 saturated carbocycles. The van der Waals surface area contributed by atoms with Crippen LogP contribution < -0.4 is 0 Å². The predicted molar refractivity (Wildman–Crippen MR) is 77.1 cm³/mol. The number of benzene rings is 1. The van der Waals surface area contributed by atoms with Crippen LogP contribution >= 0.6 is 15.9 Å². The largest absolute Gasteiger partial charge is 0.381 e. The Morgan fingerprint density at radius 3 is 2.56 bits per heavy atom. The van der Waals surface area contributed by atoms with Gasteiger partial charge in [-0.25, -0.2) is 0 Å². The summed E-state index contributed by atoms with van der Waals surface area (Å²) in [6.45, 7) is 4.64. The predicted octanol–water partition coefficient (Wildman–Crippen LogP) is 3.96. The van der Waals surface area contributed by atoms with Crippen molar-refractivity contribution in [2.24, 2.45) is 5.41 Å². The van der Waals surface area contributed by atoms with Gasteiger partial charge in [-0.1, -0.05) is 46.3 Å². The van der Waals surface area contributed by atoms with Gasteiger partial charge in [0.2, 0.25) is 0 Å². The molecule has 1 aliphatic heterocycles. The fraction of sp³-hybridized carbons (Fsp3) is 0.600. The molecular formula is C15H21BrO2. The molecule has 0 amide bonds. The summed E-state index contributed by atoms with van der Waals surface area (Å²) in [5.41, 5.74) is 1.50. The number of ether oxygens (including phenoxy) is 2. The van der Waals surface area contributed by atoms with Crippen molar-refractivity contribution in [3.63, 3.8) is 0 Å². The van der Waals surface area contributed by atoms with Crippen molar-refractivity contribution in [3.8, 4) is 0 Å². The highest BCUT2D eigenvalue weighted by molar-refractivity contribution is 9.09. The summed E-state index contributed by atoms with van der Waals surface area (Å²) in [6.07, 6.45) is 2.32. The van der Waals surface area contributed by atoms with E-state index in [9.17, 15) is 0 Å². The Balaban J connectivity index is 1.90. The zero-order valence-electron chi connectivity index (χ0n) is 10.9. The van der Waals surface area contributed by atoms with Crippen molar-refractivity contribution in [3.05, 3.63) is 35.9 Å². The van der Waals surface area contributed by atoms with E-state index >= 15 is 0 Å². The molecule has 1 aliphatic rings. The molecule has 0 N–H and O–H groups in total. The Morgan fingerprint density at radius 1 is 1.28 bits per heavy atom.